The van der Waals surface area contributed by atoms with Gasteiger partial charge in [0.15, 0.2) is 0 Å². The number of hydrogen-bond acceptors (Lipinski definition) is 4. The van der Waals surface area contributed by atoms with E-state index in [1.54, 1.807) is 14.2 Å². The number of ether oxygens (including phenoxy) is 2. The lowest BCUT2D eigenvalue weighted by Gasteiger charge is -2.24. The summed E-state index contributed by atoms with van der Waals surface area (Å²) in [7, 11) is 3.21. The Balaban J connectivity index is 0.00000220. The summed E-state index contributed by atoms with van der Waals surface area (Å²) < 4.78 is 10.5. The number of nitrogens with two attached hydrogens (primary N) is 1. The summed E-state index contributed by atoms with van der Waals surface area (Å²) in [6, 6.07) is 5.68. The Hall–Kier alpha value is -1.46. The molecular weight excluding hydrogens is 292 g/mol. The minimum atomic E-state index is 0. The maximum absolute atomic E-state index is 12.4. The summed E-state index contributed by atoms with van der Waals surface area (Å²) >= 11 is 0. The van der Waals surface area contributed by atoms with Crippen LogP contribution < -0.4 is 15.2 Å². The van der Waals surface area contributed by atoms with Gasteiger partial charge in [-0.05, 0) is 31.0 Å². The number of benzene rings is 1. The Kier molecular flexibility index (Phi) is 6.78. The maximum Gasteiger partial charge on any atom is 0.227 e. The Bertz CT molecular complexity index is 482. The molecule has 118 valence electrons. The van der Waals surface area contributed by atoms with E-state index in [1.165, 1.54) is 0 Å². The lowest BCUT2D eigenvalue weighted by atomic mass is 10.1. The fraction of sp³-hybridized carbons (Fsp3) is 0.533. The van der Waals surface area contributed by atoms with Gasteiger partial charge in [0, 0.05) is 24.7 Å². The minimum Gasteiger partial charge on any atom is -0.497 e. The number of likely N-dealkylation sites (tertiary alicyclic amines) is 1. The molecule has 0 aromatic heterocycles. The summed E-state index contributed by atoms with van der Waals surface area (Å²) in [6.07, 6.45) is 2.34. The molecule has 1 aliphatic heterocycles. The number of hydrogen-bond donors (Lipinski definition) is 1. The van der Waals surface area contributed by atoms with E-state index in [-0.39, 0.29) is 24.4 Å². The van der Waals surface area contributed by atoms with Crippen molar-refractivity contribution in [2.75, 3.05) is 27.3 Å². The highest BCUT2D eigenvalue weighted by atomic mass is 35.5. The van der Waals surface area contributed by atoms with Gasteiger partial charge in [0.2, 0.25) is 5.91 Å². The molecule has 5 nitrogen and oxygen atoms in total. The highest BCUT2D eigenvalue weighted by molar-refractivity contribution is 5.85. The van der Waals surface area contributed by atoms with E-state index >= 15 is 0 Å². The van der Waals surface area contributed by atoms with Crippen LogP contribution in [0.4, 0.5) is 0 Å². The molecule has 2 N–H and O–H groups in total. The molecule has 0 spiro atoms. The van der Waals surface area contributed by atoms with Crippen LogP contribution in [0.2, 0.25) is 0 Å². The van der Waals surface area contributed by atoms with Crippen molar-refractivity contribution in [2.45, 2.75) is 25.3 Å². The maximum atomic E-state index is 12.4. The van der Waals surface area contributed by atoms with Crippen molar-refractivity contribution in [1.82, 2.24) is 4.90 Å². The Labute approximate surface area is 131 Å². The van der Waals surface area contributed by atoms with Crippen LogP contribution in [0.1, 0.15) is 18.4 Å². The molecule has 1 aromatic rings. The van der Waals surface area contributed by atoms with E-state index in [2.05, 4.69) is 0 Å². The molecular formula is C15H23ClN2O3. The van der Waals surface area contributed by atoms with E-state index in [4.69, 9.17) is 15.2 Å². The fourth-order valence-electron chi connectivity index (χ4n) is 2.69. The van der Waals surface area contributed by atoms with Crippen molar-refractivity contribution >= 4 is 18.3 Å². The SMILES string of the molecule is COc1ccc(OC)c(CC(=O)N2CCCC2CN)c1.Cl. The zero-order valence-electron chi connectivity index (χ0n) is 12.5. The monoisotopic (exact) mass is 314 g/mol. The average molecular weight is 315 g/mol. The first kappa shape index (κ1) is 17.6. The molecule has 1 aliphatic rings. The van der Waals surface area contributed by atoms with Gasteiger partial charge >= 0.3 is 0 Å². The van der Waals surface area contributed by atoms with Gasteiger partial charge in [-0.15, -0.1) is 12.4 Å². The van der Waals surface area contributed by atoms with Gasteiger partial charge in [-0.1, -0.05) is 0 Å². The molecule has 1 unspecified atom stereocenters. The minimum absolute atomic E-state index is 0. The molecule has 1 aromatic carbocycles. The summed E-state index contributed by atoms with van der Waals surface area (Å²) in [5.41, 5.74) is 6.57. The Morgan fingerprint density at radius 2 is 2.14 bits per heavy atom. The third-order valence-corrected chi connectivity index (χ3v) is 3.80. The van der Waals surface area contributed by atoms with E-state index in [9.17, 15) is 4.79 Å². The van der Waals surface area contributed by atoms with Gasteiger partial charge in [0.1, 0.15) is 11.5 Å². The summed E-state index contributed by atoms with van der Waals surface area (Å²) in [5.74, 6) is 1.54. The predicted molar refractivity (Wildman–Crippen MR) is 84.3 cm³/mol. The first-order chi connectivity index (χ1) is 9.69. The molecule has 1 amide bonds. The molecule has 0 bridgehead atoms. The number of rotatable bonds is 5. The zero-order chi connectivity index (χ0) is 14.5. The van der Waals surface area contributed by atoms with Crippen LogP contribution in [0.5, 0.6) is 11.5 Å². The van der Waals surface area contributed by atoms with Crippen LogP contribution in [0.25, 0.3) is 0 Å². The highest BCUT2D eigenvalue weighted by Gasteiger charge is 2.27. The van der Waals surface area contributed by atoms with E-state index in [0.29, 0.717) is 18.7 Å². The van der Waals surface area contributed by atoms with Crippen molar-refractivity contribution in [2.24, 2.45) is 5.73 Å². The fourth-order valence-corrected chi connectivity index (χ4v) is 2.69. The molecule has 0 radical (unpaired) electrons. The van der Waals surface area contributed by atoms with Gasteiger partial charge in [-0.3, -0.25) is 4.79 Å². The van der Waals surface area contributed by atoms with Crippen molar-refractivity contribution in [3.63, 3.8) is 0 Å². The van der Waals surface area contributed by atoms with Crippen molar-refractivity contribution in [3.8, 4) is 11.5 Å². The smallest absolute Gasteiger partial charge is 0.227 e. The summed E-state index contributed by atoms with van der Waals surface area (Å²) in [4.78, 5) is 14.3. The van der Waals surface area contributed by atoms with Crippen molar-refractivity contribution < 1.29 is 14.3 Å². The standard InChI is InChI=1S/C15H22N2O3.ClH/c1-19-13-5-6-14(20-2)11(8-13)9-15(18)17-7-3-4-12(17)10-16;/h5-6,8,12H,3-4,7,9-10,16H2,1-2H3;1H. The van der Waals surface area contributed by atoms with Crippen LogP contribution >= 0.6 is 12.4 Å². The van der Waals surface area contributed by atoms with Crippen molar-refractivity contribution in [3.05, 3.63) is 23.8 Å². The topological polar surface area (TPSA) is 64.8 Å². The predicted octanol–water partition coefficient (Wildman–Crippen LogP) is 1.62. The van der Waals surface area contributed by atoms with Crippen molar-refractivity contribution in [1.29, 1.82) is 0 Å². The van der Waals surface area contributed by atoms with Gasteiger partial charge in [-0.2, -0.15) is 0 Å². The van der Waals surface area contributed by atoms with Crippen LogP contribution in [-0.2, 0) is 11.2 Å². The third-order valence-electron chi connectivity index (χ3n) is 3.80. The molecule has 0 aliphatic carbocycles. The second-order valence-electron chi connectivity index (χ2n) is 4.97. The van der Waals surface area contributed by atoms with Gasteiger partial charge in [0.05, 0.1) is 20.6 Å². The number of amides is 1. The van der Waals surface area contributed by atoms with E-state index < -0.39 is 0 Å². The first-order valence-corrected chi connectivity index (χ1v) is 6.90. The lowest BCUT2D eigenvalue weighted by Crippen LogP contribution is -2.40. The largest absolute Gasteiger partial charge is 0.497 e. The number of carbonyl (C=O) groups is 1. The second-order valence-corrected chi connectivity index (χ2v) is 4.97. The summed E-state index contributed by atoms with van der Waals surface area (Å²) in [6.45, 7) is 1.33. The van der Waals surface area contributed by atoms with E-state index in [0.717, 1.165) is 30.7 Å². The van der Waals surface area contributed by atoms with Gasteiger partial charge < -0.3 is 20.1 Å². The molecule has 6 heteroatoms. The lowest BCUT2D eigenvalue weighted by molar-refractivity contribution is -0.131. The average Bonchev–Trinajstić information content (AvgIpc) is 2.95. The second kappa shape index (κ2) is 8.10. The Morgan fingerprint density at radius 1 is 1.38 bits per heavy atom. The molecule has 1 fully saturated rings. The highest BCUT2D eigenvalue weighted by Crippen LogP contribution is 2.26. The van der Waals surface area contributed by atoms with Crippen LogP contribution in [0, 0.1) is 0 Å². The quantitative estimate of drug-likeness (QED) is 0.897. The molecule has 1 saturated heterocycles. The molecule has 1 heterocycles. The first-order valence-electron chi connectivity index (χ1n) is 6.90. The third kappa shape index (κ3) is 4.02. The number of halogens is 1. The number of methoxy groups -OCH3 is 2. The van der Waals surface area contributed by atoms with Gasteiger partial charge in [0.25, 0.3) is 0 Å². The van der Waals surface area contributed by atoms with Gasteiger partial charge in [-0.25, -0.2) is 0 Å². The van der Waals surface area contributed by atoms with E-state index in [1.807, 2.05) is 23.1 Å². The molecule has 1 atom stereocenters. The molecule has 2 rings (SSSR count). The van der Waals surface area contributed by atoms with Crippen LogP contribution in [0.15, 0.2) is 18.2 Å². The summed E-state index contributed by atoms with van der Waals surface area (Å²) in [5, 5.41) is 0. The number of nitrogens with zero attached hydrogens (tertiary/aromatic N) is 1. The van der Waals surface area contributed by atoms with Crippen LogP contribution in [-0.4, -0.2) is 44.2 Å². The normalized spacial score (nSPS) is 17.3. The Morgan fingerprint density at radius 3 is 2.76 bits per heavy atom. The molecule has 21 heavy (non-hydrogen) atoms. The van der Waals surface area contributed by atoms with Crippen LogP contribution in [0.3, 0.4) is 0 Å². The zero-order valence-corrected chi connectivity index (χ0v) is 13.3. The number of carbonyl (C=O) groups excluding carboxylic acids is 1. The molecule has 0 saturated carbocycles.